The fraction of sp³-hybridized carbons (Fsp3) is 0.171. The van der Waals surface area contributed by atoms with Gasteiger partial charge in [-0.05, 0) is 60.4 Å². The van der Waals surface area contributed by atoms with Gasteiger partial charge in [0.1, 0.15) is 0 Å². The zero-order chi connectivity index (χ0) is 24.8. The molecule has 1 aliphatic carbocycles. The second-order valence-electron chi connectivity index (χ2n) is 11.1. The fourth-order valence-corrected chi connectivity index (χ4v) is 8.37. The number of thiophene rings is 1. The van der Waals surface area contributed by atoms with Gasteiger partial charge in [-0.25, -0.2) is 0 Å². The summed E-state index contributed by atoms with van der Waals surface area (Å²) in [5, 5.41) is 8.12. The molecule has 1 saturated carbocycles. The van der Waals surface area contributed by atoms with Crippen LogP contribution < -0.4 is 0 Å². The van der Waals surface area contributed by atoms with Crippen LogP contribution in [0.2, 0.25) is 0 Å². The summed E-state index contributed by atoms with van der Waals surface area (Å²) < 4.78 is 5.22. The van der Waals surface area contributed by atoms with Gasteiger partial charge in [-0.1, -0.05) is 68.1 Å². The molecule has 0 atom stereocenters. The highest BCUT2D eigenvalue weighted by Gasteiger charge is 2.21. The van der Waals surface area contributed by atoms with E-state index in [2.05, 4.69) is 89.3 Å². The smallest absolute Gasteiger partial charge is 0.0704 e. The van der Waals surface area contributed by atoms with Gasteiger partial charge >= 0.3 is 0 Å². The van der Waals surface area contributed by atoms with Gasteiger partial charge in [0.2, 0.25) is 0 Å². The van der Waals surface area contributed by atoms with Crippen LogP contribution in [0, 0.1) is 5.92 Å². The highest BCUT2D eigenvalue weighted by atomic mass is 32.1. The van der Waals surface area contributed by atoms with Crippen LogP contribution in [-0.2, 0) is 6.42 Å². The Morgan fingerprint density at radius 1 is 0.711 bits per heavy atom. The maximum absolute atomic E-state index is 4.80. The third-order valence-electron chi connectivity index (χ3n) is 8.94. The normalized spacial score (nSPS) is 14.9. The first kappa shape index (κ1) is 21.0. The maximum atomic E-state index is 4.80. The van der Waals surface area contributed by atoms with E-state index in [1.807, 2.05) is 17.5 Å². The van der Waals surface area contributed by atoms with E-state index in [1.54, 1.807) is 0 Å². The van der Waals surface area contributed by atoms with Gasteiger partial charge < -0.3 is 4.40 Å². The largest absolute Gasteiger partial charge is 0.308 e. The molecule has 0 saturated heterocycles. The number of fused-ring (bicyclic) bond motifs is 10. The monoisotopic (exact) mass is 506 g/mol. The van der Waals surface area contributed by atoms with E-state index in [4.69, 9.17) is 4.98 Å². The zero-order valence-electron chi connectivity index (χ0n) is 21.1. The van der Waals surface area contributed by atoms with E-state index in [0.29, 0.717) is 0 Å². The predicted molar refractivity (Wildman–Crippen MR) is 163 cm³/mol. The van der Waals surface area contributed by atoms with Gasteiger partial charge in [0, 0.05) is 53.5 Å². The quantitative estimate of drug-likeness (QED) is 0.233. The van der Waals surface area contributed by atoms with Crippen LogP contribution >= 0.6 is 11.3 Å². The summed E-state index contributed by atoms with van der Waals surface area (Å²) in [6.45, 7) is 0. The molecule has 9 rings (SSSR count). The SMILES string of the molecule is c1ccc2c(c1)sc1ccc3c(c4cccc5c6cc(-c7cc(CC8CCCC8)ccn7)ccc6n3c54)c12. The molecule has 0 aliphatic heterocycles. The van der Waals surface area contributed by atoms with E-state index in [-0.39, 0.29) is 0 Å². The van der Waals surface area contributed by atoms with Crippen LogP contribution in [0.15, 0.2) is 91.1 Å². The lowest BCUT2D eigenvalue weighted by Crippen LogP contribution is -1.99. The molecule has 182 valence electrons. The van der Waals surface area contributed by atoms with Gasteiger partial charge in [-0.15, -0.1) is 11.3 Å². The van der Waals surface area contributed by atoms with E-state index < -0.39 is 0 Å². The number of para-hydroxylation sites is 1. The molecule has 0 spiro atoms. The Hall–Kier alpha value is -3.95. The zero-order valence-corrected chi connectivity index (χ0v) is 21.9. The Morgan fingerprint density at radius 3 is 2.50 bits per heavy atom. The molecule has 8 aromatic rings. The molecular weight excluding hydrogens is 480 g/mol. The Kier molecular flexibility index (Phi) is 4.31. The van der Waals surface area contributed by atoms with E-state index in [1.165, 1.54) is 101 Å². The molecule has 4 aromatic carbocycles. The highest BCUT2D eigenvalue weighted by molar-refractivity contribution is 7.26. The molecular formula is C35H26N2S. The van der Waals surface area contributed by atoms with Gasteiger partial charge in [0.15, 0.2) is 0 Å². The van der Waals surface area contributed by atoms with Crippen LogP contribution in [0.25, 0.3) is 69.5 Å². The molecule has 3 heteroatoms. The number of pyridine rings is 1. The third kappa shape index (κ3) is 2.85. The predicted octanol–water partition coefficient (Wildman–Crippen LogP) is 10.00. The first-order valence-corrected chi connectivity index (χ1v) is 14.6. The fourth-order valence-electron chi connectivity index (χ4n) is 7.25. The minimum Gasteiger partial charge on any atom is -0.308 e. The summed E-state index contributed by atoms with van der Waals surface area (Å²) in [5.41, 5.74) is 7.62. The molecule has 0 N–H and O–H groups in total. The van der Waals surface area contributed by atoms with Crippen molar-refractivity contribution in [1.82, 2.24) is 9.38 Å². The summed E-state index contributed by atoms with van der Waals surface area (Å²) >= 11 is 1.90. The Bertz CT molecular complexity index is 2170. The van der Waals surface area contributed by atoms with E-state index in [9.17, 15) is 0 Å². The van der Waals surface area contributed by atoms with Crippen molar-refractivity contribution in [3.8, 4) is 11.3 Å². The summed E-state index contributed by atoms with van der Waals surface area (Å²) in [6.07, 6.45) is 8.72. The number of aromatic nitrogens is 2. The molecule has 0 amide bonds. The lowest BCUT2D eigenvalue weighted by molar-refractivity contribution is 0.546. The van der Waals surface area contributed by atoms with E-state index >= 15 is 0 Å². The van der Waals surface area contributed by atoms with Crippen molar-refractivity contribution in [2.75, 3.05) is 0 Å². The number of rotatable bonds is 3. The van der Waals surface area contributed by atoms with Crippen molar-refractivity contribution in [2.24, 2.45) is 5.92 Å². The number of hydrogen-bond acceptors (Lipinski definition) is 2. The second kappa shape index (κ2) is 7.78. The molecule has 2 nitrogen and oxygen atoms in total. The minimum absolute atomic E-state index is 0.842. The maximum Gasteiger partial charge on any atom is 0.0704 e. The highest BCUT2D eigenvalue weighted by Crippen LogP contribution is 2.46. The molecule has 0 bridgehead atoms. The summed E-state index contributed by atoms with van der Waals surface area (Å²) in [7, 11) is 0. The minimum atomic E-state index is 0.842. The first-order chi connectivity index (χ1) is 18.8. The van der Waals surface area contributed by atoms with Gasteiger partial charge in [0.25, 0.3) is 0 Å². The van der Waals surface area contributed by atoms with Crippen molar-refractivity contribution in [1.29, 1.82) is 0 Å². The lowest BCUT2D eigenvalue weighted by Gasteiger charge is -2.10. The number of nitrogens with zero attached hydrogens (tertiary/aromatic N) is 2. The average Bonchev–Trinajstić information content (AvgIpc) is 3.73. The molecule has 4 heterocycles. The molecule has 38 heavy (non-hydrogen) atoms. The first-order valence-electron chi connectivity index (χ1n) is 13.8. The lowest BCUT2D eigenvalue weighted by atomic mass is 9.97. The van der Waals surface area contributed by atoms with Gasteiger partial charge in [-0.2, -0.15) is 0 Å². The average molecular weight is 507 g/mol. The topological polar surface area (TPSA) is 17.3 Å². The second-order valence-corrected chi connectivity index (χ2v) is 12.2. The van der Waals surface area contributed by atoms with Gasteiger partial charge in [-0.3, -0.25) is 4.98 Å². The number of hydrogen-bond donors (Lipinski definition) is 0. The van der Waals surface area contributed by atoms with Crippen LogP contribution in [0.3, 0.4) is 0 Å². The van der Waals surface area contributed by atoms with Crippen molar-refractivity contribution in [3.63, 3.8) is 0 Å². The van der Waals surface area contributed by atoms with Crippen LogP contribution in [-0.4, -0.2) is 9.38 Å². The Balaban J connectivity index is 1.28. The van der Waals surface area contributed by atoms with E-state index in [0.717, 1.165) is 11.6 Å². The molecule has 0 radical (unpaired) electrons. The summed E-state index contributed by atoms with van der Waals surface area (Å²) in [4.78, 5) is 4.80. The van der Waals surface area contributed by atoms with Crippen molar-refractivity contribution >= 4 is 69.6 Å². The number of benzene rings is 4. The molecule has 1 aliphatic rings. The third-order valence-corrected chi connectivity index (χ3v) is 10.1. The van der Waals surface area contributed by atoms with Crippen molar-refractivity contribution in [3.05, 3.63) is 96.7 Å². The molecule has 1 fully saturated rings. The molecule has 0 unspecified atom stereocenters. The van der Waals surface area contributed by atoms with Crippen molar-refractivity contribution < 1.29 is 0 Å². The molecule has 4 aromatic heterocycles. The van der Waals surface area contributed by atoms with Crippen LogP contribution in [0.4, 0.5) is 0 Å². The van der Waals surface area contributed by atoms with Gasteiger partial charge in [0.05, 0.1) is 22.2 Å². The Morgan fingerprint density at radius 2 is 1.55 bits per heavy atom. The summed E-state index contributed by atoms with van der Waals surface area (Å²) in [5.74, 6) is 0.842. The van der Waals surface area contributed by atoms with Crippen LogP contribution in [0.5, 0.6) is 0 Å². The Labute approximate surface area is 224 Å². The van der Waals surface area contributed by atoms with Crippen molar-refractivity contribution in [2.45, 2.75) is 32.1 Å². The summed E-state index contributed by atoms with van der Waals surface area (Å²) in [6, 6.07) is 31.8. The standard InChI is InChI=1S/C35H26N2S/c1-2-7-21(6-1)18-22-16-17-36-28(19-22)23-12-13-29-27(20-23)24-9-5-10-26-33-30(37(29)35(24)26)14-15-32-34(33)25-8-3-4-11-31(25)38-32/h3-5,8-17,19-21H,1-2,6-7,18H2. The van der Waals surface area contributed by atoms with Crippen LogP contribution in [0.1, 0.15) is 31.2 Å².